The predicted molar refractivity (Wildman–Crippen MR) is 77.8 cm³/mol. The molecule has 96 valence electrons. The summed E-state index contributed by atoms with van der Waals surface area (Å²) in [5.74, 6) is -0.00315. The molecule has 2 N–H and O–H groups in total. The SMILES string of the molecule is Nc1ccc(C(=O)c2ccc3c(c2)CCC3)cc1Cl. The summed E-state index contributed by atoms with van der Waals surface area (Å²) in [7, 11) is 0. The first-order valence-corrected chi connectivity index (χ1v) is 6.74. The van der Waals surface area contributed by atoms with Crippen molar-refractivity contribution in [3.63, 3.8) is 0 Å². The molecule has 3 heteroatoms. The second kappa shape index (κ2) is 4.71. The number of anilines is 1. The fraction of sp³-hybridized carbons (Fsp3) is 0.188. The van der Waals surface area contributed by atoms with Gasteiger partial charge in [-0.2, -0.15) is 0 Å². The smallest absolute Gasteiger partial charge is 0.193 e. The van der Waals surface area contributed by atoms with Crippen molar-refractivity contribution in [1.29, 1.82) is 0 Å². The van der Waals surface area contributed by atoms with Crippen LogP contribution in [-0.4, -0.2) is 5.78 Å². The number of halogens is 1. The molecule has 2 nitrogen and oxygen atoms in total. The van der Waals surface area contributed by atoms with E-state index in [9.17, 15) is 4.79 Å². The molecule has 2 aromatic rings. The minimum atomic E-state index is -0.00315. The Kier molecular flexibility index (Phi) is 3.03. The molecule has 0 radical (unpaired) electrons. The summed E-state index contributed by atoms with van der Waals surface area (Å²) >= 11 is 5.96. The van der Waals surface area contributed by atoms with Crippen LogP contribution in [0.4, 0.5) is 5.69 Å². The van der Waals surface area contributed by atoms with Gasteiger partial charge in [0.2, 0.25) is 0 Å². The zero-order valence-electron chi connectivity index (χ0n) is 10.4. The van der Waals surface area contributed by atoms with Crippen molar-refractivity contribution in [3.8, 4) is 0 Å². The normalized spacial score (nSPS) is 13.3. The van der Waals surface area contributed by atoms with Crippen LogP contribution in [0.15, 0.2) is 36.4 Å². The molecule has 0 amide bonds. The topological polar surface area (TPSA) is 43.1 Å². The highest BCUT2D eigenvalue weighted by molar-refractivity contribution is 6.33. The third kappa shape index (κ3) is 2.24. The highest BCUT2D eigenvalue weighted by atomic mass is 35.5. The van der Waals surface area contributed by atoms with Crippen molar-refractivity contribution in [2.24, 2.45) is 0 Å². The molecule has 0 saturated heterocycles. The molecule has 0 bridgehead atoms. The predicted octanol–water partition coefficient (Wildman–Crippen LogP) is 3.64. The molecule has 0 aromatic heterocycles. The van der Waals surface area contributed by atoms with E-state index in [-0.39, 0.29) is 5.78 Å². The van der Waals surface area contributed by atoms with Crippen LogP contribution in [0.25, 0.3) is 0 Å². The van der Waals surface area contributed by atoms with Crippen LogP contribution in [0.3, 0.4) is 0 Å². The van der Waals surface area contributed by atoms with Crippen LogP contribution in [0.1, 0.15) is 33.5 Å². The van der Waals surface area contributed by atoms with E-state index in [0.717, 1.165) is 18.4 Å². The first kappa shape index (κ1) is 12.2. The molecule has 0 aliphatic heterocycles. The summed E-state index contributed by atoms with van der Waals surface area (Å²) in [5, 5.41) is 0.423. The number of carbonyl (C=O) groups excluding carboxylic acids is 1. The van der Waals surface area contributed by atoms with Gasteiger partial charge in [0.1, 0.15) is 0 Å². The lowest BCUT2D eigenvalue weighted by molar-refractivity contribution is 0.103. The van der Waals surface area contributed by atoms with E-state index in [4.69, 9.17) is 17.3 Å². The summed E-state index contributed by atoms with van der Waals surface area (Å²) in [6.07, 6.45) is 3.37. The molecule has 2 aromatic carbocycles. The lowest BCUT2D eigenvalue weighted by Crippen LogP contribution is -2.03. The minimum absolute atomic E-state index is 0.00315. The third-order valence-electron chi connectivity index (χ3n) is 3.62. The van der Waals surface area contributed by atoms with Crippen LogP contribution in [0.5, 0.6) is 0 Å². The molecule has 0 saturated carbocycles. The molecule has 0 heterocycles. The average Bonchev–Trinajstić information content (AvgIpc) is 2.88. The van der Waals surface area contributed by atoms with Gasteiger partial charge in [-0.15, -0.1) is 0 Å². The van der Waals surface area contributed by atoms with Gasteiger partial charge in [-0.05, 0) is 54.7 Å². The Morgan fingerprint density at radius 1 is 1.00 bits per heavy atom. The van der Waals surface area contributed by atoms with Gasteiger partial charge >= 0.3 is 0 Å². The molecule has 19 heavy (non-hydrogen) atoms. The maximum atomic E-state index is 12.4. The standard InChI is InChI=1S/C16H14ClNO/c17-14-9-13(6-7-15(14)18)16(19)12-5-4-10-2-1-3-11(10)8-12/h4-9H,1-3,18H2. The highest BCUT2D eigenvalue weighted by Crippen LogP contribution is 2.25. The monoisotopic (exact) mass is 271 g/mol. The summed E-state index contributed by atoms with van der Waals surface area (Å²) in [6, 6.07) is 11.0. The Balaban J connectivity index is 1.97. The Morgan fingerprint density at radius 2 is 1.68 bits per heavy atom. The summed E-state index contributed by atoms with van der Waals surface area (Å²) in [6.45, 7) is 0. The first-order valence-electron chi connectivity index (χ1n) is 6.36. The minimum Gasteiger partial charge on any atom is -0.398 e. The van der Waals surface area contributed by atoms with Crippen LogP contribution >= 0.6 is 11.6 Å². The number of rotatable bonds is 2. The zero-order valence-corrected chi connectivity index (χ0v) is 11.2. The second-order valence-electron chi connectivity index (χ2n) is 4.90. The van der Waals surface area contributed by atoms with Crippen LogP contribution in [-0.2, 0) is 12.8 Å². The van der Waals surface area contributed by atoms with E-state index >= 15 is 0 Å². The molecular weight excluding hydrogens is 258 g/mol. The van der Waals surface area contributed by atoms with Crippen molar-refractivity contribution < 1.29 is 4.79 Å². The fourth-order valence-electron chi connectivity index (χ4n) is 2.55. The van der Waals surface area contributed by atoms with Gasteiger partial charge in [-0.25, -0.2) is 0 Å². The van der Waals surface area contributed by atoms with Crippen molar-refractivity contribution in [3.05, 3.63) is 63.7 Å². The van der Waals surface area contributed by atoms with Gasteiger partial charge in [0.05, 0.1) is 10.7 Å². The van der Waals surface area contributed by atoms with E-state index in [2.05, 4.69) is 6.07 Å². The van der Waals surface area contributed by atoms with E-state index in [0.29, 0.717) is 16.3 Å². The number of hydrogen-bond acceptors (Lipinski definition) is 2. The lowest BCUT2D eigenvalue weighted by atomic mass is 9.99. The van der Waals surface area contributed by atoms with Crippen molar-refractivity contribution in [2.75, 3.05) is 5.73 Å². The number of carbonyl (C=O) groups is 1. The Bertz CT molecular complexity index is 664. The molecule has 0 unspecified atom stereocenters. The van der Waals surface area contributed by atoms with E-state index in [1.54, 1.807) is 18.2 Å². The molecule has 0 spiro atoms. The van der Waals surface area contributed by atoms with E-state index < -0.39 is 0 Å². The number of fused-ring (bicyclic) bond motifs is 1. The highest BCUT2D eigenvalue weighted by Gasteiger charge is 2.15. The number of nitrogens with two attached hydrogens (primary N) is 1. The summed E-state index contributed by atoms with van der Waals surface area (Å²) in [5.41, 5.74) is 10.1. The van der Waals surface area contributed by atoms with Crippen molar-refractivity contribution in [1.82, 2.24) is 0 Å². The number of ketones is 1. The van der Waals surface area contributed by atoms with E-state index in [1.165, 1.54) is 17.5 Å². The van der Waals surface area contributed by atoms with Crippen LogP contribution in [0.2, 0.25) is 5.02 Å². The third-order valence-corrected chi connectivity index (χ3v) is 3.95. The van der Waals surface area contributed by atoms with Crippen molar-refractivity contribution >= 4 is 23.1 Å². The number of benzene rings is 2. The van der Waals surface area contributed by atoms with Crippen LogP contribution in [0, 0.1) is 0 Å². The Labute approximate surface area is 117 Å². The van der Waals surface area contributed by atoms with Gasteiger partial charge < -0.3 is 5.73 Å². The Morgan fingerprint density at radius 3 is 2.47 bits per heavy atom. The second-order valence-corrected chi connectivity index (χ2v) is 5.31. The molecule has 3 rings (SSSR count). The van der Waals surface area contributed by atoms with Gasteiger partial charge in [0.25, 0.3) is 0 Å². The summed E-state index contributed by atoms with van der Waals surface area (Å²) in [4.78, 5) is 12.4. The van der Waals surface area contributed by atoms with Crippen molar-refractivity contribution in [2.45, 2.75) is 19.3 Å². The molecule has 1 aliphatic carbocycles. The van der Waals surface area contributed by atoms with Gasteiger partial charge in [-0.1, -0.05) is 23.7 Å². The average molecular weight is 272 g/mol. The molecular formula is C16H14ClNO. The maximum Gasteiger partial charge on any atom is 0.193 e. The molecule has 0 atom stereocenters. The number of aryl methyl sites for hydroxylation is 2. The molecule has 1 aliphatic rings. The van der Waals surface area contributed by atoms with Crippen LogP contribution < -0.4 is 5.73 Å². The Hall–Kier alpha value is -1.80. The zero-order chi connectivity index (χ0) is 13.4. The quantitative estimate of drug-likeness (QED) is 0.669. The van der Waals surface area contributed by atoms with Gasteiger partial charge in [0, 0.05) is 11.1 Å². The van der Waals surface area contributed by atoms with Gasteiger partial charge in [-0.3, -0.25) is 4.79 Å². The number of nitrogen functional groups attached to an aromatic ring is 1. The lowest BCUT2D eigenvalue weighted by Gasteiger charge is -2.06. The van der Waals surface area contributed by atoms with E-state index in [1.807, 2.05) is 12.1 Å². The largest absolute Gasteiger partial charge is 0.398 e. The fourth-order valence-corrected chi connectivity index (χ4v) is 2.73. The molecule has 0 fully saturated rings. The maximum absolute atomic E-state index is 12.4. The number of hydrogen-bond donors (Lipinski definition) is 1. The van der Waals surface area contributed by atoms with Gasteiger partial charge in [0.15, 0.2) is 5.78 Å². The summed E-state index contributed by atoms with van der Waals surface area (Å²) < 4.78 is 0. The first-order chi connectivity index (χ1) is 9.15.